The van der Waals surface area contributed by atoms with E-state index >= 15 is 0 Å². The Morgan fingerprint density at radius 2 is 2.31 bits per heavy atom. The predicted molar refractivity (Wildman–Crippen MR) is 66.8 cm³/mol. The van der Waals surface area contributed by atoms with Gasteiger partial charge in [-0.1, -0.05) is 6.08 Å². The van der Waals surface area contributed by atoms with E-state index in [1.54, 1.807) is 10.4 Å². The molecule has 1 heterocycles. The molecule has 0 amide bonds. The highest BCUT2D eigenvalue weighted by Gasteiger charge is 2.27. The molecule has 0 saturated carbocycles. The van der Waals surface area contributed by atoms with E-state index < -0.39 is 10.0 Å². The molecule has 0 aromatic heterocycles. The summed E-state index contributed by atoms with van der Waals surface area (Å²) in [5, 5.41) is 3.11. The minimum absolute atomic E-state index is 0.197. The van der Waals surface area contributed by atoms with Crippen molar-refractivity contribution in [1.82, 2.24) is 9.62 Å². The number of sulfonamides is 1. The first-order valence-corrected chi connectivity index (χ1v) is 7.44. The Kier molecular flexibility index (Phi) is 5.44. The van der Waals surface area contributed by atoms with Crippen molar-refractivity contribution in [2.45, 2.75) is 19.3 Å². The summed E-state index contributed by atoms with van der Waals surface area (Å²) >= 11 is 0. The molecule has 1 fully saturated rings. The van der Waals surface area contributed by atoms with Crippen molar-refractivity contribution in [2.75, 3.05) is 32.4 Å². The second-order valence-electron chi connectivity index (χ2n) is 4.32. The Labute approximate surface area is 98.8 Å². The molecule has 0 aromatic carbocycles. The van der Waals surface area contributed by atoms with Gasteiger partial charge in [-0.05, 0) is 38.8 Å². The topological polar surface area (TPSA) is 49.4 Å². The summed E-state index contributed by atoms with van der Waals surface area (Å²) in [6, 6.07) is 0. The molecule has 94 valence electrons. The van der Waals surface area contributed by atoms with E-state index in [0.717, 1.165) is 19.4 Å². The lowest BCUT2D eigenvalue weighted by Crippen LogP contribution is -2.43. The van der Waals surface area contributed by atoms with E-state index in [4.69, 9.17) is 0 Å². The van der Waals surface area contributed by atoms with Crippen molar-refractivity contribution in [3.63, 3.8) is 0 Å². The molecule has 5 heteroatoms. The van der Waals surface area contributed by atoms with Crippen LogP contribution in [0.3, 0.4) is 0 Å². The van der Waals surface area contributed by atoms with Gasteiger partial charge in [0, 0.05) is 13.1 Å². The minimum Gasteiger partial charge on any atom is -0.319 e. The molecule has 0 aromatic rings. The third kappa shape index (κ3) is 3.88. The van der Waals surface area contributed by atoms with Crippen molar-refractivity contribution in [3.8, 4) is 0 Å². The highest BCUT2D eigenvalue weighted by Crippen LogP contribution is 2.19. The van der Waals surface area contributed by atoms with Crippen LogP contribution in [0.5, 0.6) is 0 Å². The zero-order valence-corrected chi connectivity index (χ0v) is 10.8. The summed E-state index contributed by atoms with van der Waals surface area (Å²) < 4.78 is 25.5. The standard InChI is InChI=1S/C11H22N2O2S/c1-3-4-8-16(14,15)13-7-5-6-11(10-13)9-12-2/h3,11-12H,1,4-10H2,2H3. The molecule has 0 bridgehead atoms. The lowest BCUT2D eigenvalue weighted by Gasteiger charge is -2.31. The van der Waals surface area contributed by atoms with Crippen LogP contribution in [0.25, 0.3) is 0 Å². The molecule has 1 N–H and O–H groups in total. The average molecular weight is 246 g/mol. The first kappa shape index (κ1) is 13.7. The lowest BCUT2D eigenvalue weighted by atomic mass is 10.00. The molecule has 1 atom stereocenters. The van der Waals surface area contributed by atoms with E-state index in [0.29, 0.717) is 25.4 Å². The SMILES string of the molecule is C=CCCS(=O)(=O)N1CCCC(CNC)C1. The van der Waals surface area contributed by atoms with Crippen molar-refractivity contribution in [2.24, 2.45) is 5.92 Å². The van der Waals surface area contributed by atoms with Crippen molar-refractivity contribution in [1.29, 1.82) is 0 Å². The second-order valence-corrected chi connectivity index (χ2v) is 6.41. The smallest absolute Gasteiger partial charge is 0.214 e. The molecule has 1 aliphatic heterocycles. The quantitative estimate of drug-likeness (QED) is 0.706. The Bertz CT molecular complexity index is 312. The van der Waals surface area contributed by atoms with Crippen LogP contribution in [-0.2, 0) is 10.0 Å². The fraction of sp³-hybridized carbons (Fsp3) is 0.818. The Morgan fingerprint density at radius 3 is 2.94 bits per heavy atom. The van der Waals surface area contributed by atoms with Gasteiger partial charge in [-0.25, -0.2) is 12.7 Å². The van der Waals surface area contributed by atoms with E-state index in [2.05, 4.69) is 11.9 Å². The maximum absolute atomic E-state index is 12.0. The number of nitrogens with zero attached hydrogens (tertiary/aromatic N) is 1. The van der Waals surface area contributed by atoms with Gasteiger partial charge in [-0.15, -0.1) is 6.58 Å². The monoisotopic (exact) mass is 246 g/mol. The highest BCUT2D eigenvalue weighted by atomic mass is 32.2. The van der Waals surface area contributed by atoms with Crippen LogP contribution in [0, 0.1) is 5.92 Å². The van der Waals surface area contributed by atoms with Gasteiger partial charge in [0.1, 0.15) is 0 Å². The zero-order valence-electron chi connectivity index (χ0n) is 9.98. The van der Waals surface area contributed by atoms with Gasteiger partial charge in [-0.3, -0.25) is 0 Å². The van der Waals surface area contributed by atoms with E-state index in [9.17, 15) is 8.42 Å². The predicted octanol–water partition coefficient (Wildman–Crippen LogP) is 0.824. The van der Waals surface area contributed by atoms with Crippen molar-refractivity contribution >= 4 is 10.0 Å². The number of rotatable bonds is 6. The molecular formula is C11H22N2O2S. The zero-order chi connectivity index (χ0) is 12.0. The van der Waals surface area contributed by atoms with Crippen LogP contribution in [0.2, 0.25) is 0 Å². The normalized spacial score (nSPS) is 23.2. The van der Waals surface area contributed by atoms with E-state index in [-0.39, 0.29) is 5.75 Å². The maximum Gasteiger partial charge on any atom is 0.214 e. The Morgan fingerprint density at radius 1 is 1.56 bits per heavy atom. The first-order valence-electron chi connectivity index (χ1n) is 5.83. The molecular weight excluding hydrogens is 224 g/mol. The molecule has 1 saturated heterocycles. The van der Waals surface area contributed by atoms with Crippen LogP contribution < -0.4 is 5.32 Å². The Balaban J connectivity index is 2.55. The van der Waals surface area contributed by atoms with E-state index in [1.807, 2.05) is 7.05 Å². The van der Waals surface area contributed by atoms with Gasteiger partial charge < -0.3 is 5.32 Å². The third-order valence-corrected chi connectivity index (χ3v) is 4.82. The van der Waals surface area contributed by atoms with Gasteiger partial charge in [0.25, 0.3) is 0 Å². The van der Waals surface area contributed by atoms with Gasteiger partial charge in [0.15, 0.2) is 0 Å². The summed E-state index contributed by atoms with van der Waals surface area (Å²) in [5.74, 6) is 0.653. The molecule has 0 aliphatic carbocycles. The molecule has 1 aliphatic rings. The van der Waals surface area contributed by atoms with Gasteiger partial charge >= 0.3 is 0 Å². The summed E-state index contributed by atoms with van der Waals surface area (Å²) in [7, 11) is -1.15. The Hall–Kier alpha value is -0.390. The van der Waals surface area contributed by atoms with Gasteiger partial charge in [0.2, 0.25) is 10.0 Å². The van der Waals surface area contributed by atoms with Crippen molar-refractivity contribution in [3.05, 3.63) is 12.7 Å². The number of allylic oxidation sites excluding steroid dienone is 1. The highest BCUT2D eigenvalue weighted by molar-refractivity contribution is 7.89. The summed E-state index contributed by atoms with van der Waals surface area (Å²) in [6.45, 7) is 5.80. The maximum atomic E-state index is 12.0. The molecule has 0 spiro atoms. The molecule has 4 nitrogen and oxygen atoms in total. The fourth-order valence-corrected chi connectivity index (χ4v) is 3.66. The summed E-state index contributed by atoms with van der Waals surface area (Å²) in [5.41, 5.74) is 0. The molecule has 0 radical (unpaired) electrons. The largest absolute Gasteiger partial charge is 0.319 e. The minimum atomic E-state index is -3.06. The lowest BCUT2D eigenvalue weighted by molar-refractivity contribution is 0.263. The number of piperidine rings is 1. The van der Waals surface area contributed by atoms with Crippen LogP contribution in [0.15, 0.2) is 12.7 Å². The number of hydrogen-bond donors (Lipinski definition) is 1. The molecule has 1 unspecified atom stereocenters. The third-order valence-electron chi connectivity index (χ3n) is 2.95. The van der Waals surface area contributed by atoms with Gasteiger partial charge in [-0.2, -0.15) is 0 Å². The fourth-order valence-electron chi connectivity index (χ4n) is 2.10. The van der Waals surface area contributed by atoms with Crippen LogP contribution in [0.1, 0.15) is 19.3 Å². The molecule has 1 rings (SSSR count). The molecule has 16 heavy (non-hydrogen) atoms. The van der Waals surface area contributed by atoms with Gasteiger partial charge in [0.05, 0.1) is 5.75 Å². The number of nitrogens with one attached hydrogen (secondary N) is 1. The number of hydrogen-bond acceptors (Lipinski definition) is 3. The second kappa shape index (κ2) is 6.37. The van der Waals surface area contributed by atoms with Crippen LogP contribution in [-0.4, -0.2) is 45.2 Å². The van der Waals surface area contributed by atoms with Crippen LogP contribution >= 0.6 is 0 Å². The summed E-state index contributed by atoms with van der Waals surface area (Å²) in [4.78, 5) is 0. The van der Waals surface area contributed by atoms with Crippen molar-refractivity contribution < 1.29 is 8.42 Å². The average Bonchev–Trinajstić information content (AvgIpc) is 2.27. The van der Waals surface area contributed by atoms with E-state index in [1.165, 1.54) is 0 Å². The van der Waals surface area contributed by atoms with Crippen LogP contribution in [0.4, 0.5) is 0 Å². The summed E-state index contributed by atoms with van der Waals surface area (Å²) in [6.07, 6.45) is 4.29. The first-order chi connectivity index (χ1) is 7.60.